The van der Waals surface area contributed by atoms with Gasteiger partial charge in [0.2, 0.25) is 20.0 Å². The molecule has 3 N–H and O–H groups in total. The number of hydrogen-bond acceptors (Lipinski definition) is 5. The number of nitrogens with one attached hydrogen (secondary N) is 2. The summed E-state index contributed by atoms with van der Waals surface area (Å²) in [4.78, 5) is 0.242. The van der Waals surface area contributed by atoms with E-state index in [1.807, 2.05) is 0 Å². The van der Waals surface area contributed by atoms with Gasteiger partial charge < -0.3 is 5.11 Å². The highest BCUT2D eigenvalue weighted by atomic mass is 32.2. The van der Waals surface area contributed by atoms with E-state index in [1.54, 1.807) is 24.3 Å². The van der Waals surface area contributed by atoms with Gasteiger partial charge in [0.1, 0.15) is 6.10 Å². The van der Waals surface area contributed by atoms with Crippen LogP contribution in [-0.4, -0.2) is 34.0 Å². The van der Waals surface area contributed by atoms with Gasteiger partial charge in [-0.1, -0.05) is 50.7 Å². The van der Waals surface area contributed by atoms with Gasteiger partial charge in [-0.2, -0.15) is 0 Å². The van der Waals surface area contributed by atoms with Crippen molar-refractivity contribution in [1.82, 2.24) is 9.44 Å². The molecule has 2 saturated carbocycles. The second kappa shape index (κ2) is 9.35. The Kier molecular flexibility index (Phi) is 6.58. The zero-order valence-electron chi connectivity index (χ0n) is 19.2. The molecule has 0 atom stereocenters. The molecule has 0 saturated heterocycles. The number of benzene rings is 2. The summed E-state index contributed by atoms with van der Waals surface area (Å²) in [5.74, 6) is 0. The third-order valence-corrected chi connectivity index (χ3v) is 10.4. The molecule has 0 aliphatic heterocycles. The van der Waals surface area contributed by atoms with Gasteiger partial charge in [0, 0.05) is 12.1 Å². The van der Waals surface area contributed by atoms with Gasteiger partial charge in [0.05, 0.1) is 9.79 Å². The summed E-state index contributed by atoms with van der Waals surface area (Å²) >= 11 is 0. The van der Waals surface area contributed by atoms with E-state index < -0.39 is 26.2 Å². The van der Waals surface area contributed by atoms with Crippen molar-refractivity contribution < 1.29 is 21.9 Å². The molecule has 0 radical (unpaired) electrons. The topological polar surface area (TPSA) is 113 Å². The number of fused-ring (bicyclic) bond motifs is 3. The molecule has 0 aromatic heterocycles. The van der Waals surface area contributed by atoms with Gasteiger partial charge in [-0.15, -0.1) is 0 Å². The van der Waals surface area contributed by atoms with Crippen molar-refractivity contribution in [2.75, 3.05) is 0 Å². The van der Waals surface area contributed by atoms with E-state index >= 15 is 0 Å². The maximum Gasteiger partial charge on any atom is 0.240 e. The van der Waals surface area contributed by atoms with Crippen LogP contribution in [0.5, 0.6) is 0 Å². The quantitative estimate of drug-likeness (QED) is 0.551. The normalized spacial score (nSPS) is 20.3. The summed E-state index contributed by atoms with van der Waals surface area (Å²) in [6, 6.07) is 9.43. The molecule has 7 nitrogen and oxygen atoms in total. The molecule has 2 aromatic rings. The van der Waals surface area contributed by atoms with Crippen LogP contribution in [0, 0.1) is 0 Å². The standard InChI is InChI=1S/C25H32N2O5S2/c28-25-23-15-19(33(29,30)26-17-7-3-1-4-8-17)11-13-21(23)22-14-12-20(16-24(22)25)34(31,32)27-18-9-5-2-6-10-18/h11-18,25-28H,1-10H2. The van der Waals surface area contributed by atoms with Gasteiger partial charge in [-0.05, 0) is 72.2 Å². The number of aliphatic hydroxyl groups is 1. The molecule has 0 spiro atoms. The molecule has 0 heterocycles. The Bertz CT molecular complexity index is 1180. The Hall–Kier alpha value is -1.78. The molecule has 5 rings (SSSR count). The molecule has 2 fully saturated rings. The zero-order valence-corrected chi connectivity index (χ0v) is 20.8. The van der Waals surface area contributed by atoms with Gasteiger partial charge in [-0.3, -0.25) is 0 Å². The zero-order chi connectivity index (χ0) is 23.9. The highest BCUT2D eigenvalue weighted by Crippen LogP contribution is 2.45. The predicted octanol–water partition coefficient (Wildman–Crippen LogP) is 3.97. The number of rotatable bonds is 6. The lowest BCUT2D eigenvalue weighted by atomic mass is 9.96. The maximum atomic E-state index is 13.0. The monoisotopic (exact) mass is 504 g/mol. The van der Waals surface area contributed by atoms with Crippen LogP contribution in [0.2, 0.25) is 0 Å². The lowest BCUT2D eigenvalue weighted by Gasteiger charge is -2.22. The molecule has 184 valence electrons. The third kappa shape index (κ3) is 4.68. The van der Waals surface area contributed by atoms with Crippen LogP contribution in [0.25, 0.3) is 11.1 Å². The SMILES string of the molecule is O=S(=O)(NC1CCCCC1)c1ccc2c(c1)C(O)c1cc(S(=O)(=O)NC3CCCCC3)ccc1-2. The summed E-state index contributed by atoms with van der Waals surface area (Å²) < 4.78 is 57.5. The molecule has 9 heteroatoms. The first-order chi connectivity index (χ1) is 16.2. The number of sulfonamides is 2. The van der Waals surface area contributed by atoms with Crippen LogP contribution in [0.4, 0.5) is 0 Å². The molecule has 0 unspecified atom stereocenters. The van der Waals surface area contributed by atoms with Crippen LogP contribution >= 0.6 is 0 Å². The minimum absolute atomic E-state index is 0.0569. The second-order valence-corrected chi connectivity index (χ2v) is 13.2. The highest BCUT2D eigenvalue weighted by molar-refractivity contribution is 7.89. The maximum absolute atomic E-state index is 13.0. The van der Waals surface area contributed by atoms with Crippen LogP contribution in [0.3, 0.4) is 0 Å². The summed E-state index contributed by atoms with van der Waals surface area (Å²) in [5.41, 5.74) is 2.42. The van der Waals surface area contributed by atoms with Crippen molar-refractivity contribution in [2.24, 2.45) is 0 Å². The average Bonchev–Trinajstić information content (AvgIpc) is 3.11. The molecule has 3 aliphatic rings. The fraction of sp³-hybridized carbons (Fsp3) is 0.520. The van der Waals surface area contributed by atoms with Crippen LogP contribution in [-0.2, 0) is 20.0 Å². The lowest BCUT2D eigenvalue weighted by molar-refractivity contribution is 0.224. The Morgan fingerprint density at radius 3 is 1.38 bits per heavy atom. The van der Waals surface area contributed by atoms with Gasteiger partial charge >= 0.3 is 0 Å². The molecule has 34 heavy (non-hydrogen) atoms. The molecule has 3 aliphatic carbocycles. The van der Waals surface area contributed by atoms with E-state index in [0.717, 1.165) is 75.3 Å². The average molecular weight is 505 g/mol. The third-order valence-electron chi connectivity index (χ3n) is 7.40. The summed E-state index contributed by atoms with van der Waals surface area (Å²) in [5, 5.41) is 11.0. The number of hydrogen-bond donors (Lipinski definition) is 3. The fourth-order valence-corrected chi connectivity index (χ4v) is 8.22. The first kappa shape index (κ1) is 23.9. The second-order valence-electron chi connectivity index (χ2n) is 9.81. The molecule has 2 aromatic carbocycles. The first-order valence-electron chi connectivity index (χ1n) is 12.3. The van der Waals surface area contributed by atoms with Crippen molar-refractivity contribution in [3.05, 3.63) is 47.5 Å². The first-order valence-corrected chi connectivity index (χ1v) is 15.2. The smallest absolute Gasteiger partial charge is 0.240 e. The van der Waals surface area contributed by atoms with Crippen molar-refractivity contribution >= 4 is 20.0 Å². The minimum atomic E-state index is -3.71. The van der Waals surface area contributed by atoms with Crippen molar-refractivity contribution in [1.29, 1.82) is 0 Å². The summed E-state index contributed by atoms with van der Waals surface area (Å²) in [6.45, 7) is 0. The van der Waals surface area contributed by atoms with Crippen molar-refractivity contribution in [2.45, 2.75) is 92.2 Å². The van der Waals surface area contributed by atoms with Gasteiger partial charge in [-0.25, -0.2) is 26.3 Å². The largest absolute Gasteiger partial charge is 0.384 e. The van der Waals surface area contributed by atoms with E-state index in [4.69, 9.17) is 0 Å². The summed E-state index contributed by atoms with van der Waals surface area (Å²) in [7, 11) is -7.41. The molecule has 0 amide bonds. The van der Waals surface area contributed by atoms with Crippen LogP contribution in [0.1, 0.15) is 81.4 Å². The number of aliphatic hydroxyl groups excluding tert-OH is 1. The van der Waals surface area contributed by atoms with E-state index in [1.165, 1.54) is 12.1 Å². The van der Waals surface area contributed by atoms with Crippen molar-refractivity contribution in [3.8, 4) is 11.1 Å². The Morgan fingerprint density at radius 2 is 1.00 bits per heavy atom. The van der Waals surface area contributed by atoms with Crippen LogP contribution in [0.15, 0.2) is 46.2 Å². The predicted molar refractivity (Wildman–Crippen MR) is 130 cm³/mol. The fourth-order valence-electron chi connectivity index (χ4n) is 5.54. The Balaban J connectivity index is 1.40. The Morgan fingerprint density at radius 1 is 0.618 bits per heavy atom. The van der Waals surface area contributed by atoms with Crippen molar-refractivity contribution in [3.63, 3.8) is 0 Å². The van der Waals surface area contributed by atoms with E-state index in [0.29, 0.717) is 11.1 Å². The van der Waals surface area contributed by atoms with Gasteiger partial charge in [0.15, 0.2) is 0 Å². The Labute approximate surface area is 202 Å². The van der Waals surface area contributed by atoms with Crippen LogP contribution < -0.4 is 9.44 Å². The molecular formula is C25H32N2O5S2. The van der Waals surface area contributed by atoms with E-state index in [2.05, 4.69) is 9.44 Å². The van der Waals surface area contributed by atoms with Gasteiger partial charge in [0.25, 0.3) is 0 Å². The van der Waals surface area contributed by atoms with E-state index in [9.17, 15) is 21.9 Å². The highest BCUT2D eigenvalue weighted by Gasteiger charge is 2.32. The lowest BCUT2D eigenvalue weighted by Crippen LogP contribution is -2.36. The molecular weight excluding hydrogens is 472 g/mol. The molecule has 0 bridgehead atoms. The summed E-state index contributed by atoms with van der Waals surface area (Å²) in [6.07, 6.45) is 8.62. The van der Waals surface area contributed by atoms with E-state index in [-0.39, 0.29) is 21.9 Å². The minimum Gasteiger partial charge on any atom is -0.384 e.